The van der Waals surface area contributed by atoms with Crippen molar-refractivity contribution < 1.29 is 0 Å². The van der Waals surface area contributed by atoms with Crippen molar-refractivity contribution in [1.82, 2.24) is 0 Å². The van der Waals surface area contributed by atoms with E-state index >= 15 is 0 Å². The summed E-state index contributed by atoms with van der Waals surface area (Å²) in [5.74, 6) is 0. The molecule has 0 amide bonds. The third-order valence-electron chi connectivity index (χ3n) is 3.24. The number of fused-ring (bicyclic) bond motifs is 3. The molecule has 1 aromatic carbocycles. The van der Waals surface area contributed by atoms with Crippen LogP contribution in [0.1, 0.15) is 31.4 Å². The molecule has 0 nitrogen and oxygen atoms in total. The van der Waals surface area contributed by atoms with Crippen molar-refractivity contribution in [2.24, 2.45) is 0 Å². The summed E-state index contributed by atoms with van der Waals surface area (Å²) in [6, 6.07) is 8.72. The molecule has 0 aliphatic heterocycles. The van der Waals surface area contributed by atoms with Crippen LogP contribution >= 0.6 is 0 Å². The van der Waals surface area contributed by atoms with E-state index in [4.69, 9.17) is 0 Å². The monoisotopic (exact) mass is 194 g/mol. The molecule has 0 fully saturated rings. The van der Waals surface area contributed by atoms with Crippen molar-refractivity contribution in [3.05, 3.63) is 58.7 Å². The lowest BCUT2D eigenvalue weighted by Crippen LogP contribution is -2.10. The zero-order valence-corrected chi connectivity index (χ0v) is 9.17. The van der Waals surface area contributed by atoms with Gasteiger partial charge in [-0.1, -0.05) is 42.0 Å². The predicted octanol–water partition coefficient (Wildman–Crippen LogP) is 4.21. The first-order valence-electron chi connectivity index (χ1n) is 5.46. The molecule has 0 saturated carbocycles. The highest BCUT2D eigenvalue weighted by Crippen LogP contribution is 2.49. The quantitative estimate of drug-likeness (QED) is 0.580. The van der Waals surface area contributed by atoms with Gasteiger partial charge in [-0.3, -0.25) is 0 Å². The van der Waals surface area contributed by atoms with Gasteiger partial charge in [0.25, 0.3) is 0 Å². The van der Waals surface area contributed by atoms with Crippen molar-refractivity contribution in [1.29, 1.82) is 0 Å². The molecule has 0 N–H and O–H groups in total. The largest absolute Gasteiger partial charge is 0.0795 e. The predicted molar refractivity (Wildman–Crippen MR) is 65.4 cm³/mol. The Morgan fingerprint density at radius 3 is 2.53 bits per heavy atom. The topological polar surface area (TPSA) is 0 Å². The summed E-state index contributed by atoms with van der Waals surface area (Å²) >= 11 is 0. The van der Waals surface area contributed by atoms with Gasteiger partial charge in [0, 0.05) is 0 Å². The summed E-state index contributed by atoms with van der Waals surface area (Å²) in [7, 11) is 0. The minimum atomic E-state index is 1.10. The van der Waals surface area contributed by atoms with E-state index < -0.39 is 0 Å². The van der Waals surface area contributed by atoms with Crippen molar-refractivity contribution in [3.8, 4) is 0 Å². The zero-order chi connectivity index (χ0) is 10.4. The molecule has 0 radical (unpaired) electrons. The van der Waals surface area contributed by atoms with Crippen molar-refractivity contribution in [2.75, 3.05) is 0 Å². The molecule has 2 aliphatic rings. The SMILES string of the molecule is CC(C)=C1C=CCC2=C1c1ccccc12. The van der Waals surface area contributed by atoms with E-state index in [-0.39, 0.29) is 0 Å². The maximum absolute atomic E-state index is 2.27. The van der Waals surface area contributed by atoms with Crippen LogP contribution in [0.2, 0.25) is 0 Å². The van der Waals surface area contributed by atoms with Crippen LogP contribution < -0.4 is 0 Å². The van der Waals surface area contributed by atoms with Crippen molar-refractivity contribution in [3.63, 3.8) is 0 Å². The number of benzene rings is 1. The van der Waals surface area contributed by atoms with Gasteiger partial charge in [0.15, 0.2) is 0 Å². The summed E-state index contributed by atoms with van der Waals surface area (Å²) in [5.41, 5.74) is 8.75. The van der Waals surface area contributed by atoms with E-state index in [2.05, 4.69) is 50.3 Å². The van der Waals surface area contributed by atoms with Crippen LogP contribution in [-0.2, 0) is 0 Å². The Morgan fingerprint density at radius 1 is 1.07 bits per heavy atom. The molecule has 15 heavy (non-hydrogen) atoms. The van der Waals surface area contributed by atoms with Gasteiger partial charge < -0.3 is 0 Å². The fourth-order valence-electron chi connectivity index (χ4n) is 2.51. The molecule has 0 atom stereocenters. The Labute approximate surface area is 90.6 Å². The lowest BCUT2D eigenvalue weighted by Gasteiger charge is -2.31. The number of allylic oxidation sites excluding steroid dienone is 6. The van der Waals surface area contributed by atoms with Gasteiger partial charge in [0.1, 0.15) is 0 Å². The van der Waals surface area contributed by atoms with E-state index in [0.717, 1.165) is 6.42 Å². The fourth-order valence-corrected chi connectivity index (χ4v) is 2.51. The van der Waals surface area contributed by atoms with Gasteiger partial charge in [0.05, 0.1) is 0 Å². The highest BCUT2D eigenvalue weighted by atomic mass is 14.3. The molecular weight excluding hydrogens is 180 g/mol. The van der Waals surface area contributed by atoms with Gasteiger partial charge in [-0.15, -0.1) is 0 Å². The normalized spacial score (nSPS) is 17.1. The maximum atomic E-state index is 2.27. The zero-order valence-electron chi connectivity index (χ0n) is 9.17. The van der Waals surface area contributed by atoms with E-state index in [0.29, 0.717) is 0 Å². The molecule has 0 spiro atoms. The number of rotatable bonds is 0. The minimum Gasteiger partial charge on any atom is -0.0795 e. The van der Waals surface area contributed by atoms with E-state index in [1.807, 2.05) is 0 Å². The molecule has 2 aliphatic carbocycles. The Hall–Kier alpha value is -1.56. The van der Waals surface area contributed by atoms with Gasteiger partial charge in [-0.05, 0) is 48.1 Å². The Bertz CT molecular complexity index is 521. The summed E-state index contributed by atoms with van der Waals surface area (Å²) in [6.45, 7) is 4.38. The van der Waals surface area contributed by atoms with Crippen LogP contribution in [0.15, 0.2) is 47.6 Å². The minimum absolute atomic E-state index is 1.10. The first-order chi connectivity index (χ1) is 7.29. The average molecular weight is 194 g/mol. The summed E-state index contributed by atoms with van der Waals surface area (Å²) in [4.78, 5) is 0. The van der Waals surface area contributed by atoms with Crippen LogP contribution in [0.5, 0.6) is 0 Å². The Morgan fingerprint density at radius 2 is 1.80 bits per heavy atom. The molecule has 0 bridgehead atoms. The molecule has 0 heteroatoms. The summed E-state index contributed by atoms with van der Waals surface area (Å²) in [5, 5.41) is 0. The van der Waals surface area contributed by atoms with Crippen LogP contribution in [0.4, 0.5) is 0 Å². The van der Waals surface area contributed by atoms with E-state index in [1.165, 1.54) is 33.4 Å². The standard InChI is InChI=1S/C15H14/c1-10(2)11-8-5-9-14-12-6-3-4-7-13(12)15(11)14/h3-8H,9H2,1-2H3. The fraction of sp³-hybridized carbons (Fsp3) is 0.200. The Balaban J connectivity index is 2.20. The third kappa shape index (κ3) is 1.08. The smallest absolute Gasteiger partial charge is 0.00646 e. The molecule has 3 rings (SSSR count). The van der Waals surface area contributed by atoms with Crippen LogP contribution in [0.3, 0.4) is 0 Å². The maximum Gasteiger partial charge on any atom is -0.00646 e. The molecular formula is C15H14. The van der Waals surface area contributed by atoms with Gasteiger partial charge in [-0.25, -0.2) is 0 Å². The van der Waals surface area contributed by atoms with Gasteiger partial charge >= 0.3 is 0 Å². The van der Waals surface area contributed by atoms with Crippen molar-refractivity contribution in [2.45, 2.75) is 20.3 Å². The molecule has 0 aromatic heterocycles. The van der Waals surface area contributed by atoms with Crippen LogP contribution in [0.25, 0.3) is 11.1 Å². The molecule has 74 valence electrons. The first kappa shape index (κ1) is 8.72. The van der Waals surface area contributed by atoms with Crippen LogP contribution in [0, 0.1) is 0 Å². The average Bonchev–Trinajstić information content (AvgIpc) is 2.24. The summed E-state index contributed by atoms with van der Waals surface area (Å²) in [6.07, 6.45) is 5.64. The van der Waals surface area contributed by atoms with E-state index in [9.17, 15) is 0 Å². The van der Waals surface area contributed by atoms with Crippen LogP contribution in [-0.4, -0.2) is 0 Å². The molecule has 0 saturated heterocycles. The van der Waals surface area contributed by atoms with Gasteiger partial charge in [0.2, 0.25) is 0 Å². The second-order valence-corrected chi connectivity index (χ2v) is 4.42. The third-order valence-corrected chi connectivity index (χ3v) is 3.24. The van der Waals surface area contributed by atoms with Crippen molar-refractivity contribution >= 4 is 11.1 Å². The first-order valence-corrected chi connectivity index (χ1v) is 5.46. The lowest BCUT2D eigenvalue weighted by molar-refractivity contribution is 1.25. The molecule has 0 heterocycles. The van der Waals surface area contributed by atoms with Gasteiger partial charge in [-0.2, -0.15) is 0 Å². The Kier molecular flexibility index (Phi) is 1.72. The number of hydrogen-bond acceptors (Lipinski definition) is 0. The highest BCUT2D eigenvalue weighted by molar-refractivity contribution is 6.12. The van der Waals surface area contributed by atoms with E-state index in [1.54, 1.807) is 0 Å². The molecule has 1 aromatic rings. The lowest BCUT2D eigenvalue weighted by atomic mass is 9.72. The second-order valence-electron chi connectivity index (χ2n) is 4.42. The number of hydrogen-bond donors (Lipinski definition) is 0. The highest BCUT2D eigenvalue weighted by Gasteiger charge is 2.28. The summed E-state index contributed by atoms with van der Waals surface area (Å²) < 4.78 is 0. The molecule has 0 unspecified atom stereocenters. The second kappa shape index (κ2) is 2.96.